The Morgan fingerprint density at radius 2 is 2.18 bits per heavy atom. The fraction of sp³-hybridized carbons (Fsp3) is 0.538. The second kappa shape index (κ2) is 5.12. The quantitative estimate of drug-likeness (QED) is 0.871. The molecule has 3 nitrogen and oxygen atoms in total. The van der Waals surface area contributed by atoms with Gasteiger partial charge in [-0.3, -0.25) is 4.90 Å². The third-order valence-electron chi connectivity index (χ3n) is 3.51. The van der Waals surface area contributed by atoms with E-state index < -0.39 is 11.7 Å². The zero-order valence-corrected chi connectivity index (χ0v) is 9.97. The zero-order valence-electron chi connectivity index (χ0n) is 9.97. The van der Waals surface area contributed by atoms with E-state index in [0.29, 0.717) is 13.0 Å². The molecule has 0 spiro atoms. The predicted octanol–water partition coefficient (Wildman–Crippen LogP) is 1.91. The van der Waals surface area contributed by atoms with E-state index >= 15 is 0 Å². The number of halogens is 1. The summed E-state index contributed by atoms with van der Waals surface area (Å²) in [5.74, 6) is 0. The molecule has 0 amide bonds. The summed E-state index contributed by atoms with van der Waals surface area (Å²) in [5.41, 5.74) is 0.141. The molecule has 1 N–H and O–H groups in total. The molecule has 1 saturated heterocycles. The Balaban J connectivity index is 1.98. The molecule has 0 aromatic heterocycles. The van der Waals surface area contributed by atoms with Gasteiger partial charge in [-0.25, -0.2) is 0 Å². The highest BCUT2D eigenvalue weighted by Gasteiger charge is 2.44. The highest BCUT2D eigenvalue weighted by Crippen LogP contribution is 2.30. The molecule has 94 valence electrons. The van der Waals surface area contributed by atoms with Gasteiger partial charge in [0.1, 0.15) is 5.60 Å². The van der Waals surface area contributed by atoms with Gasteiger partial charge in [-0.15, -0.1) is 0 Å². The second-order valence-electron chi connectivity index (χ2n) is 4.76. The van der Waals surface area contributed by atoms with Gasteiger partial charge in [-0.05, 0) is 23.4 Å². The lowest BCUT2D eigenvalue weighted by Gasteiger charge is -2.27. The average Bonchev–Trinajstić information content (AvgIpc) is 2.75. The minimum absolute atomic E-state index is 0.427. The van der Waals surface area contributed by atoms with Crippen LogP contribution in [0.4, 0.5) is 4.53 Å². The molecule has 0 bridgehead atoms. The smallest absolute Gasteiger partial charge is 0.148 e. The zero-order chi connectivity index (χ0) is 12.3. The number of hydrogen-bond donors (Lipinski definition) is 1. The summed E-state index contributed by atoms with van der Waals surface area (Å²) < 4.78 is 12.6. The summed E-state index contributed by atoms with van der Waals surface area (Å²) in [5, 5.41) is 9.59. The Bertz CT molecular complexity index is 358. The first-order valence-corrected chi connectivity index (χ1v) is 5.90. The van der Waals surface area contributed by atoms with Crippen molar-refractivity contribution < 1.29 is 14.6 Å². The summed E-state index contributed by atoms with van der Waals surface area (Å²) in [6, 6.07) is 10.0. The molecule has 0 radical (unpaired) electrons. The van der Waals surface area contributed by atoms with Crippen LogP contribution in [0.1, 0.15) is 18.9 Å². The van der Waals surface area contributed by atoms with Crippen LogP contribution < -0.4 is 0 Å². The van der Waals surface area contributed by atoms with E-state index in [2.05, 4.69) is 9.84 Å². The Labute approximate surface area is 101 Å². The van der Waals surface area contributed by atoms with Crippen molar-refractivity contribution in [2.45, 2.75) is 31.6 Å². The lowest BCUT2D eigenvalue weighted by Crippen LogP contribution is -2.44. The largest absolute Gasteiger partial charge is 0.390 e. The van der Waals surface area contributed by atoms with E-state index in [0.717, 1.165) is 13.1 Å². The van der Waals surface area contributed by atoms with Gasteiger partial charge in [0.2, 0.25) is 0 Å². The van der Waals surface area contributed by atoms with E-state index in [-0.39, 0.29) is 0 Å². The van der Waals surface area contributed by atoms with Crippen molar-refractivity contribution in [1.82, 2.24) is 4.90 Å². The van der Waals surface area contributed by atoms with Crippen LogP contribution in [0.15, 0.2) is 30.3 Å². The third-order valence-corrected chi connectivity index (χ3v) is 3.51. The maximum Gasteiger partial charge on any atom is 0.148 e. The van der Waals surface area contributed by atoms with E-state index in [1.807, 2.05) is 30.3 Å². The maximum absolute atomic E-state index is 12.6. The number of nitrogens with zero attached hydrogens (tertiary/aromatic N) is 1. The summed E-state index contributed by atoms with van der Waals surface area (Å²) in [7, 11) is 0. The van der Waals surface area contributed by atoms with Gasteiger partial charge in [0.25, 0.3) is 0 Å². The van der Waals surface area contributed by atoms with Crippen LogP contribution in [-0.4, -0.2) is 34.8 Å². The number of rotatable bonds is 4. The highest BCUT2D eigenvalue weighted by atomic mass is 19.3. The number of aliphatic hydroxyl groups is 1. The molecule has 2 unspecified atom stereocenters. The fourth-order valence-corrected chi connectivity index (χ4v) is 2.33. The predicted molar refractivity (Wildman–Crippen MR) is 62.9 cm³/mol. The molecule has 2 rings (SSSR count). The molecule has 2 atom stereocenters. The van der Waals surface area contributed by atoms with Crippen molar-refractivity contribution >= 4 is 0 Å². The topological polar surface area (TPSA) is 32.7 Å². The van der Waals surface area contributed by atoms with Gasteiger partial charge in [0.15, 0.2) is 0 Å². The van der Waals surface area contributed by atoms with Crippen LogP contribution >= 0.6 is 0 Å². The molecular formula is C13H18FNO2. The first kappa shape index (κ1) is 12.5. The summed E-state index contributed by atoms with van der Waals surface area (Å²) in [6.45, 7) is 3.50. The third kappa shape index (κ3) is 2.65. The minimum Gasteiger partial charge on any atom is -0.390 e. The summed E-state index contributed by atoms with van der Waals surface area (Å²) in [4.78, 5) is 6.14. The Morgan fingerprint density at radius 3 is 2.71 bits per heavy atom. The first-order chi connectivity index (χ1) is 8.16. The number of likely N-dealkylation sites (tertiary alicyclic amines) is 1. The van der Waals surface area contributed by atoms with Crippen molar-refractivity contribution in [3.05, 3.63) is 35.9 Å². The molecule has 4 heteroatoms. The fourth-order valence-electron chi connectivity index (χ4n) is 2.33. The monoisotopic (exact) mass is 239 g/mol. The van der Waals surface area contributed by atoms with Crippen LogP contribution in [0.2, 0.25) is 0 Å². The lowest BCUT2D eigenvalue weighted by atomic mass is 9.97. The van der Waals surface area contributed by atoms with Crippen LogP contribution in [0.25, 0.3) is 0 Å². The van der Waals surface area contributed by atoms with E-state index in [9.17, 15) is 9.63 Å². The van der Waals surface area contributed by atoms with Crippen molar-refractivity contribution in [3.8, 4) is 0 Å². The van der Waals surface area contributed by atoms with Crippen LogP contribution in [0.3, 0.4) is 0 Å². The Kier molecular flexibility index (Phi) is 3.76. The molecule has 0 saturated carbocycles. The number of benzene rings is 1. The normalized spacial score (nSPS) is 27.2. The standard InChI is InChI=1S/C13H18FNO2/c1-11(16)13(17-14)7-8-15(10-13)9-12-5-3-2-4-6-12/h2-6,11,16H,7-10H2,1H3. The molecule has 1 aliphatic heterocycles. The molecule has 1 aromatic carbocycles. The van der Waals surface area contributed by atoms with Gasteiger partial charge in [0.05, 0.1) is 6.10 Å². The van der Waals surface area contributed by atoms with Gasteiger partial charge in [0, 0.05) is 19.6 Å². The van der Waals surface area contributed by atoms with E-state index in [1.165, 1.54) is 5.56 Å². The van der Waals surface area contributed by atoms with Gasteiger partial charge in [-0.1, -0.05) is 30.3 Å². The highest BCUT2D eigenvalue weighted by molar-refractivity contribution is 5.15. The molecule has 1 heterocycles. The summed E-state index contributed by atoms with van der Waals surface area (Å²) >= 11 is 0. The molecule has 1 aromatic rings. The maximum atomic E-state index is 12.6. The van der Waals surface area contributed by atoms with Crippen molar-refractivity contribution in [2.75, 3.05) is 13.1 Å². The summed E-state index contributed by atoms with van der Waals surface area (Å²) in [6.07, 6.45) is -0.276. The van der Waals surface area contributed by atoms with Crippen molar-refractivity contribution in [1.29, 1.82) is 0 Å². The average molecular weight is 239 g/mol. The Morgan fingerprint density at radius 1 is 1.47 bits per heavy atom. The molecular weight excluding hydrogens is 221 g/mol. The van der Waals surface area contributed by atoms with Crippen molar-refractivity contribution in [2.24, 2.45) is 0 Å². The Hall–Kier alpha value is -0.970. The second-order valence-corrected chi connectivity index (χ2v) is 4.76. The van der Waals surface area contributed by atoms with Gasteiger partial charge < -0.3 is 5.11 Å². The number of hydrogen-bond acceptors (Lipinski definition) is 3. The first-order valence-electron chi connectivity index (χ1n) is 5.90. The molecule has 0 aliphatic carbocycles. The van der Waals surface area contributed by atoms with Gasteiger partial charge >= 0.3 is 0 Å². The van der Waals surface area contributed by atoms with Crippen LogP contribution in [0.5, 0.6) is 0 Å². The van der Waals surface area contributed by atoms with E-state index in [4.69, 9.17) is 0 Å². The van der Waals surface area contributed by atoms with Crippen LogP contribution in [-0.2, 0) is 11.5 Å². The lowest BCUT2D eigenvalue weighted by molar-refractivity contribution is -0.260. The van der Waals surface area contributed by atoms with Gasteiger partial charge in [-0.2, -0.15) is 4.94 Å². The minimum atomic E-state index is -1.05. The van der Waals surface area contributed by atoms with E-state index in [1.54, 1.807) is 6.92 Å². The van der Waals surface area contributed by atoms with Crippen LogP contribution in [0, 0.1) is 0 Å². The molecule has 17 heavy (non-hydrogen) atoms. The number of aliphatic hydroxyl groups excluding tert-OH is 1. The molecule has 1 fully saturated rings. The molecule has 1 aliphatic rings. The van der Waals surface area contributed by atoms with Crippen molar-refractivity contribution in [3.63, 3.8) is 0 Å². The SMILES string of the molecule is CC(O)C1(OF)CCN(Cc2ccccc2)C1.